The van der Waals surface area contributed by atoms with E-state index in [0.717, 1.165) is 5.39 Å². The topological polar surface area (TPSA) is 45.8 Å². The molecule has 2 heterocycles. The highest BCUT2D eigenvalue weighted by Gasteiger charge is 2.00. The molecule has 0 atom stereocenters. The second-order valence-electron chi connectivity index (χ2n) is 2.63. The van der Waals surface area contributed by atoms with E-state index in [1.807, 2.05) is 0 Å². The van der Waals surface area contributed by atoms with Gasteiger partial charge in [-0.1, -0.05) is 23.1 Å². The minimum absolute atomic E-state index is 0.203. The fourth-order valence-corrected chi connectivity index (χ4v) is 1.21. The maximum atomic E-state index is 10.9. The first-order valence-corrected chi connectivity index (χ1v) is 3.99. The number of nitrogens with one attached hydrogen (secondary N) is 1. The summed E-state index contributed by atoms with van der Waals surface area (Å²) in [5, 5.41) is 0.968. The standard InChI is InChI=1S/C8H4BClN2O/c9-5-3-4-1-2-6(13)11-8(4)12-7(5)10/h1-3H,(H,11,12,13). The van der Waals surface area contributed by atoms with Crippen LogP contribution >= 0.6 is 11.6 Å². The minimum Gasteiger partial charge on any atom is -0.307 e. The Bertz CT molecular complexity index is 523. The monoisotopic (exact) mass is 190 g/mol. The van der Waals surface area contributed by atoms with Gasteiger partial charge in [0.2, 0.25) is 5.56 Å². The third kappa shape index (κ3) is 1.45. The maximum Gasteiger partial charge on any atom is 0.249 e. The Labute approximate surface area is 80.2 Å². The maximum absolute atomic E-state index is 10.9. The lowest BCUT2D eigenvalue weighted by molar-refractivity contribution is 1.24. The molecular weight excluding hydrogens is 186 g/mol. The van der Waals surface area contributed by atoms with E-state index in [-0.39, 0.29) is 10.7 Å². The van der Waals surface area contributed by atoms with Crippen molar-refractivity contribution >= 4 is 35.9 Å². The second kappa shape index (κ2) is 2.89. The van der Waals surface area contributed by atoms with Gasteiger partial charge in [0.15, 0.2) is 0 Å². The molecule has 0 fully saturated rings. The summed E-state index contributed by atoms with van der Waals surface area (Å²) in [7, 11) is 5.54. The SMILES string of the molecule is [B]c1cc2ccc(=O)[nH]c2nc1Cl. The number of hydrogen-bond donors (Lipinski definition) is 1. The van der Waals surface area contributed by atoms with Gasteiger partial charge in [-0.2, -0.15) is 0 Å². The van der Waals surface area contributed by atoms with Crippen molar-refractivity contribution in [1.82, 2.24) is 9.97 Å². The number of aromatic amines is 1. The third-order valence-corrected chi connectivity index (χ3v) is 1.99. The van der Waals surface area contributed by atoms with Crippen molar-refractivity contribution < 1.29 is 0 Å². The van der Waals surface area contributed by atoms with E-state index >= 15 is 0 Å². The Morgan fingerprint density at radius 3 is 3.00 bits per heavy atom. The molecule has 13 heavy (non-hydrogen) atoms. The van der Waals surface area contributed by atoms with E-state index < -0.39 is 0 Å². The number of aromatic nitrogens is 2. The van der Waals surface area contributed by atoms with Gasteiger partial charge in [-0.05, 0) is 6.07 Å². The van der Waals surface area contributed by atoms with Gasteiger partial charge >= 0.3 is 0 Å². The lowest BCUT2D eigenvalue weighted by Crippen LogP contribution is -2.10. The summed E-state index contributed by atoms with van der Waals surface area (Å²) in [5.74, 6) is 0. The summed E-state index contributed by atoms with van der Waals surface area (Å²) in [4.78, 5) is 17.4. The molecule has 5 heteroatoms. The van der Waals surface area contributed by atoms with Gasteiger partial charge in [-0.15, -0.1) is 0 Å². The molecule has 0 aliphatic heterocycles. The molecule has 2 radical (unpaired) electrons. The smallest absolute Gasteiger partial charge is 0.249 e. The second-order valence-corrected chi connectivity index (χ2v) is 2.99. The quantitative estimate of drug-likeness (QED) is 0.482. The van der Waals surface area contributed by atoms with E-state index in [9.17, 15) is 4.79 Å². The van der Waals surface area contributed by atoms with Gasteiger partial charge in [0.1, 0.15) is 18.6 Å². The van der Waals surface area contributed by atoms with E-state index in [1.54, 1.807) is 12.1 Å². The van der Waals surface area contributed by atoms with Gasteiger partial charge in [-0.25, -0.2) is 4.98 Å². The zero-order valence-electron chi connectivity index (χ0n) is 6.54. The molecular formula is C8H4BClN2O. The van der Waals surface area contributed by atoms with Crippen molar-refractivity contribution in [3.05, 3.63) is 33.7 Å². The van der Waals surface area contributed by atoms with Crippen molar-refractivity contribution in [2.24, 2.45) is 0 Å². The fraction of sp³-hybridized carbons (Fsp3) is 0. The predicted octanol–water partition coefficient (Wildman–Crippen LogP) is 0.370. The summed E-state index contributed by atoms with van der Waals surface area (Å²) in [6, 6.07) is 4.73. The van der Waals surface area contributed by atoms with Crippen LogP contribution in [-0.4, -0.2) is 17.8 Å². The molecule has 2 aromatic heterocycles. The average Bonchev–Trinajstić information content (AvgIpc) is 2.08. The van der Waals surface area contributed by atoms with Crippen LogP contribution in [0.1, 0.15) is 0 Å². The van der Waals surface area contributed by atoms with Crippen molar-refractivity contribution in [1.29, 1.82) is 0 Å². The summed E-state index contributed by atoms with van der Waals surface area (Å²) in [6.07, 6.45) is 0. The molecule has 0 amide bonds. The van der Waals surface area contributed by atoms with E-state index in [0.29, 0.717) is 11.1 Å². The van der Waals surface area contributed by atoms with E-state index in [4.69, 9.17) is 19.4 Å². The van der Waals surface area contributed by atoms with Crippen molar-refractivity contribution in [2.75, 3.05) is 0 Å². The van der Waals surface area contributed by atoms with E-state index in [1.165, 1.54) is 6.07 Å². The molecule has 2 rings (SSSR count). The normalized spacial score (nSPS) is 10.5. The first-order valence-electron chi connectivity index (χ1n) is 3.62. The van der Waals surface area contributed by atoms with Crippen LogP contribution in [0.15, 0.2) is 23.0 Å². The van der Waals surface area contributed by atoms with Crippen LogP contribution < -0.4 is 11.0 Å². The van der Waals surface area contributed by atoms with Crippen LogP contribution in [0.25, 0.3) is 11.0 Å². The van der Waals surface area contributed by atoms with E-state index in [2.05, 4.69) is 9.97 Å². The Balaban J connectivity index is 2.89. The predicted molar refractivity (Wildman–Crippen MR) is 52.8 cm³/mol. The van der Waals surface area contributed by atoms with Crippen molar-refractivity contribution in [2.45, 2.75) is 0 Å². The first kappa shape index (κ1) is 8.32. The largest absolute Gasteiger partial charge is 0.307 e. The highest BCUT2D eigenvalue weighted by Crippen LogP contribution is 2.08. The molecule has 3 nitrogen and oxygen atoms in total. The third-order valence-electron chi connectivity index (χ3n) is 1.69. The molecule has 62 valence electrons. The highest BCUT2D eigenvalue weighted by atomic mass is 35.5. The Morgan fingerprint density at radius 2 is 2.23 bits per heavy atom. The molecule has 0 saturated carbocycles. The van der Waals surface area contributed by atoms with Gasteiger partial charge in [0.25, 0.3) is 0 Å². The average molecular weight is 190 g/mol. The van der Waals surface area contributed by atoms with Crippen LogP contribution in [0.2, 0.25) is 5.15 Å². The molecule has 0 saturated heterocycles. The van der Waals surface area contributed by atoms with Crippen LogP contribution in [0.4, 0.5) is 0 Å². The Kier molecular flexibility index (Phi) is 1.85. The minimum atomic E-state index is -0.208. The van der Waals surface area contributed by atoms with Crippen LogP contribution in [0.3, 0.4) is 0 Å². The van der Waals surface area contributed by atoms with Gasteiger partial charge in [0, 0.05) is 11.5 Å². The summed E-state index contributed by atoms with van der Waals surface area (Å²) in [6.45, 7) is 0. The molecule has 0 bridgehead atoms. The highest BCUT2D eigenvalue weighted by molar-refractivity contribution is 6.44. The molecule has 1 N–H and O–H groups in total. The molecule has 0 aliphatic rings. The number of H-pyrrole nitrogens is 1. The van der Waals surface area contributed by atoms with Gasteiger partial charge in [0.05, 0.1) is 0 Å². The lowest BCUT2D eigenvalue weighted by atomic mass is 9.97. The number of fused-ring (bicyclic) bond motifs is 1. The number of nitrogens with zero attached hydrogens (tertiary/aromatic N) is 1. The van der Waals surface area contributed by atoms with Crippen molar-refractivity contribution in [3.63, 3.8) is 0 Å². The molecule has 2 aromatic rings. The van der Waals surface area contributed by atoms with Crippen LogP contribution in [0.5, 0.6) is 0 Å². The van der Waals surface area contributed by atoms with Gasteiger partial charge < -0.3 is 4.98 Å². The number of rotatable bonds is 0. The summed E-state index contributed by atoms with van der Waals surface area (Å²) in [5.41, 5.74) is 0.647. The lowest BCUT2D eigenvalue weighted by Gasteiger charge is -2.00. The summed E-state index contributed by atoms with van der Waals surface area (Å²) < 4.78 is 0. The van der Waals surface area contributed by atoms with Crippen LogP contribution in [0, 0.1) is 0 Å². The van der Waals surface area contributed by atoms with Crippen LogP contribution in [-0.2, 0) is 0 Å². The van der Waals surface area contributed by atoms with Crippen molar-refractivity contribution in [3.8, 4) is 0 Å². The number of pyridine rings is 2. The fourth-order valence-electron chi connectivity index (χ4n) is 1.07. The zero-order chi connectivity index (χ0) is 9.42. The Morgan fingerprint density at radius 1 is 1.46 bits per heavy atom. The number of hydrogen-bond acceptors (Lipinski definition) is 2. The Hall–Kier alpha value is -1.29. The first-order chi connectivity index (χ1) is 6.16. The van der Waals surface area contributed by atoms with Gasteiger partial charge in [-0.3, -0.25) is 4.79 Å². The molecule has 0 unspecified atom stereocenters. The summed E-state index contributed by atoms with van der Waals surface area (Å²) >= 11 is 5.68. The molecule has 0 aromatic carbocycles. The number of halogens is 1. The molecule has 0 aliphatic carbocycles. The zero-order valence-corrected chi connectivity index (χ0v) is 7.30. The molecule has 0 spiro atoms.